The number of benzene rings is 1. The van der Waals surface area contributed by atoms with Gasteiger partial charge >= 0.3 is 0 Å². The third-order valence-corrected chi connectivity index (χ3v) is 3.31. The van der Waals surface area contributed by atoms with Crippen LogP contribution in [0.5, 0.6) is 11.5 Å². The first-order chi connectivity index (χ1) is 9.69. The summed E-state index contributed by atoms with van der Waals surface area (Å²) in [5.41, 5.74) is 1.64. The van der Waals surface area contributed by atoms with Gasteiger partial charge in [0.2, 0.25) is 0 Å². The van der Waals surface area contributed by atoms with Gasteiger partial charge in [-0.25, -0.2) is 9.97 Å². The summed E-state index contributed by atoms with van der Waals surface area (Å²) in [6, 6.07) is 7.56. The molecule has 2 rings (SSSR count). The van der Waals surface area contributed by atoms with E-state index in [9.17, 15) is 0 Å². The molecule has 1 aromatic carbocycles. The lowest BCUT2D eigenvalue weighted by molar-refractivity contribution is 0.397. The van der Waals surface area contributed by atoms with E-state index < -0.39 is 0 Å². The molecule has 1 aromatic heterocycles. The molecular weight excluding hydrogens is 320 g/mol. The van der Waals surface area contributed by atoms with Gasteiger partial charge in [-0.15, -0.1) is 0 Å². The number of aromatic nitrogens is 2. The summed E-state index contributed by atoms with van der Waals surface area (Å²) in [5.74, 6) is 2.28. The summed E-state index contributed by atoms with van der Waals surface area (Å²) in [6.45, 7) is 2.10. The molecule has 0 atom stereocenters. The van der Waals surface area contributed by atoms with Gasteiger partial charge in [0.05, 0.1) is 25.5 Å². The maximum atomic E-state index is 5.43. The van der Waals surface area contributed by atoms with E-state index in [0.29, 0.717) is 0 Å². The number of hydrogen-bond acceptors (Lipinski definition) is 4. The van der Waals surface area contributed by atoms with Crippen molar-refractivity contribution >= 4 is 15.9 Å². The zero-order valence-corrected chi connectivity index (χ0v) is 13.4. The van der Waals surface area contributed by atoms with Crippen LogP contribution >= 0.6 is 15.9 Å². The summed E-state index contributed by atoms with van der Waals surface area (Å²) in [4.78, 5) is 8.99. The Bertz CT molecular complexity index is 580. The molecule has 0 saturated heterocycles. The third kappa shape index (κ3) is 3.10. The number of rotatable bonds is 5. The second kappa shape index (κ2) is 6.70. The number of halogens is 1. The van der Waals surface area contributed by atoms with Gasteiger partial charge in [-0.05, 0) is 40.5 Å². The molecule has 1 heterocycles. The molecule has 0 unspecified atom stereocenters. The van der Waals surface area contributed by atoms with Crippen LogP contribution < -0.4 is 9.47 Å². The quantitative estimate of drug-likeness (QED) is 0.777. The average molecular weight is 337 g/mol. The fraction of sp³-hybridized carbons (Fsp3) is 0.333. The Morgan fingerprint density at radius 2 is 1.75 bits per heavy atom. The Labute approximate surface area is 127 Å². The first kappa shape index (κ1) is 14.8. The van der Waals surface area contributed by atoms with Crippen LogP contribution in [-0.2, 0) is 6.42 Å². The van der Waals surface area contributed by atoms with E-state index >= 15 is 0 Å². The van der Waals surface area contributed by atoms with Crippen molar-refractivity contribution in [3.05, 3.63) is 34.7 Å². The smallest absolute Gasteiger partial charge is 0.132 e. The second-order valence-electron chi connectivity index (χ2n) is 4.28. The molecule has 0 spiro atoms. The van der Waals surface area contributed by atoms with Gasteiger partial charge in [0.1, 0.15) is 21.9 Å². The van der Waals surface area contributed by atoms with Crippen molar-refractivity contribution in [2.45, 2.75) is 19.8 Å². The zero-order valence-electron chi connectivity index (χ0n) is 11.8. The largest absolute Gasteiger partial charge is 0.496 e. The van der Waals surface area contributed by atoms with Crippen molar-refractivity contribution in [3.8, 4) is 22.8 Å². The topological polar surface area (TPSA) is 44.2 Å². The Kier molecular flexibility index (Phi) is 4.95. The summed E-state index contributed by atoms with van der Waals surface area (Å²) < 4.78 is 11.6. The van der Waals surface area contributed by atoms with Crippen LogP contribution in [0.1, 0.15) is 19.2 Å². The van der Waals surface area contributed by atoms with Crippen molar-refractivity contribution in [2.24, 2.45) is 0 Å². The Morgan fingerprint density at radius 3 is 2.30 bits per heavy atom. The van der Waals surface area contributed by atoms with Crippen molar-refractivity contribution in [3.63, 3.8) is 0 Å². The first-order valence-corrected chi connectivity index (χ1v) is 7.23. The van der Waals surface area contributed by atoms with E-state index in [4.69, 9.17) is 9.47 Å². The fourth-order valence-corrected chi connectivity index (χ4v) is 2.45. The SMILES string of the molecule is CCCc1nc(Br)cc(-c2c(OC)cccc2OC)n1. The number of ether oxygens (including phenoxy) is 2. The van der Waals surface area contributed by atoms with E-state index in [0.717, 1.165) is 46.0 Å². The molecule has 0 radical (unpaired) electrons. The lowest BCUT2D eigenvalue weighted by atomic mass is 10.1. The van der Waals surface area contributed by atoms with Gasteiger partial charge in [-0.1, -0.05) is 13.0 Å². The van der Waals surface area contributed by atoms with Crippen LogP contribution in [0, 0.1) is 0 Å². The van der Waals surface area contributed by atoms with Crippen LogP contribution in [0.15, 0.2) is 28.9 Å². The zero-order chi connectivity index (χ0) is 14.5. The molecule has 20 heavy (non-hydrogen) atoms. The van der Waals surface area contributed by atoms with Gasteiger partial charge in [0, 0.05) is 6.42 Å². The monoisotopic (exact) mass is 336 g/mol. The highest BCUT2D eigenvalue weighted by Gasteiger charge is 2.15. The van der Waals surface area contributed by atoms with Crippen LogP contribution in [0.2, 0.25) is 0 Å². The first-order valence-electron chi connectivity index (χ1n) is 6.44. The minimum atomic E-state index is 0.734. The average Bonchev–Trinajstić information content (AvgIpc) is 2.46. The highest BCUT2D eigenvalue weighted by molar-refractivity contribution is 9.10. The maximum Gasteiger partial charge on any atom is 0.132 e. The Morgan fingerprint density at radius 1 is 1.10 bits per heavy atom. The van der Waals surface area contributed by atoms with Gasteiger partial charge in [-0.3, -0.25) is 0 Å². The van der Waals surface area contributed by atoms with Crippen LogP contribution in [0.3, 0.4) is 0 Å². The maximum absolute atomic E-state index is 5.43. The highest BCUT2D eigenvalue weighted by Crippen LogP contribution is 2.37. The number of nitrogens with zero attached hydrogens (tertiary/aromatic N) is 2. The van der Waals surface area contributed by atoms with Crippen LogP contribution in [0.4, 0.5) is 0 Å². The minimum Gasteiger partial charge on any atom is -0.496 e. The highest BCUT2D eigenvalue weighted by atomic mass is 79.9. The van der Waals surface area contributed by atoms with Gasteiger partial charge < -0.3 is 9.47 Å². The lowest BCUT2D eigenvalue weighted by Crippen LogP contribution is -2.00. The Hall–Kier alpha value is -1.62. The molecule has 0 bridgehead atoms. The molecule has 0 aliphatic rings. The summed E-state index contributed by atoms with van der Waals surface area (Å²) in [7, 11) is 3.28. The number of aryl methyl sites for hydroxylation is 1. The second-order valence-corrected chi connectivity index (χ2v) is 5.09. The van der Waals surface area contributed by atoms with Crippen molar-refractivity contribution in [2.75, 3.05) is 14.2 Å². The summed E-state index contributed by atoms with van der Waals surface area (Å²) in [6.07, 6.45) is 1.84. The van der Waals surface area contributed by atoms with Crippen molar-refractivity contribution in [1.82, 2.24) is 9.97 Å². The molecule has 0 N–H and O–H groups in total. The molecule has 5 heteroatoms. The predicted octanol–water partition coefficient (Wildman–Crippen LogP) is 3.88. The predicted molar refractivity (Wildman–Crippen MR) is 82.3 cm³/mol. The molecule has 2 aromatic rings. The standard InChI is InChI=1S/C15H17BrN2O2/c1-4-6-14-17-10(9-13(16)18-14)15-11(19-2)7-5-8-12(15)20-3/h5,7-9H,4,6H2,1-3H3. The summed E-state index contributed by atoms with van der Waals surface area (Å²) in [5, 5.41) is 0. The van der Waals surface area contributed by atoms with Gasteiger partial charge in [-0.2, -0.15) is 0 Å². The third-order valence-electron chi connectivity index (χ3n) is 2.90. The Balaban J connectivity index is 2.60. The number of hydrogen-bond donors (Lipinski definition) is 0. The lowest BCUT2D eigenvalue weighted by Gasteiger charge is -2.13. The minimum absolute atomic E-state index is 0.734. The fourth-order valence-electron chi connectivity index (χ4n) is 2.03. The van der Waals surface area contributed by atoms with Crippen molar-refractivity contribution in [1.29, 1.82) is 0 Å². The molecule has 0 aliphatic heterocycles. The molecule has 4 nitrogen and oxygen atoms in total. The molecule has 106 valence electrons. The van der Waals surface area contributed by atoms with Crippen LogP contribution in [0.25, 0.3) is 11.3 Å². The molecular formula is C15H17BrN2O2. The summed E-state index contributed by atoms with van der Waals surface area (Å²) >= 11 is 3.44. The van der Waals surface area contributed by atoms with Gasteiger partial charge in [0.25, 0.3) is 0 Å². The van der Waals surface area contributed by atoms with E-state index in [1.807, 2.05) is 24.3 Å². The van der Waals surface area contributed by atoms with E-state index in [1.54, 1.807) is 14.2 Å². The van der Waals surface area contributed by atoms with Crippen molar-refractivity contribution < 1.29 is 9.47 Å². The molecule has 0 fully saturated rings. The normalized spacial score (nSPS) is 10.4. The van der Waals surface area contributed by atoms with Crippen LogP contribution in [-0.4, -0.2) is 24.2 Å². The molecule has 0 saturated carbocycles. The molecule has 0 aliphatic carbocycles. The number of methoxy groups -OCH3 is 2. The van der Waals surface area contributed by atoms with E-state index in [2.05, 4.69) is 32.8 Å². The van der Waals surface area contributed by atoms with Gasteiger partial charge in [0.15, 0.2) is 0 Å². The van der Waals surface area contributed by atoms with E-state index in [-0.39, 0.29) is 0 Å². The molecule has 0 amide bonds. The van der Waals surface area contributed by atoms with E-state index in [1.165, 1.54) is 0 Å².